The van der Waals surface area contributed by atoms with Gasteiger partial charge in [-0.25, -0.2) is 0 Å². The van der Waals surface area contributed by atoms with Gasteiger partial charge in [-0.15, -0.1) is 0 Å². The largest absolute Gasteiger partial charge is 0.507 e. The fourth-order valence-corrected chi connectivity index (χ4v) is 3.03. The van der Waals surface area contributed by atoms with E-state index in [0.717, 1.165) is 31.7 Å². The van der Waals surface area contributed by atoms with Crippen LogP contribution in [-0.2, 0) is 0 Å². The van der Waals surface area contributed by atoms with Crippen LogP contribution in [0.3, 0.4) is 0 Å². The molecule has 0 aromatic heterocycles. The zero-order valence-corrected chi connectivity index (χ0v) is 12.9. The fraction of sp³-hybridized carbons (Fsp3) is 0.625. The van der Waals surface area contributed by atoms with Gasteiger partial charge in [0.1, 0.15) is 11.5 Å². The van der Waals surface area contributed by atoms with Crippen LogP contribution in [0.5, 0.6) is 11.5 Å². The Bertz CT molecular complexity index is 448. The van der Waals surface area contributed by atoms with Crippen molar-refractivity contribution < 1.29 is 9.84 Å². The minimum absolute atomic E-state index is 0.0589. The second-order valence-electron chi connectivity index (χ2n) is 6.48. The van der Waals surface area contributed by atoms with Gasteiger partial charge in [0.15, 0.2) is 0 Å². The Labute approximate surface area is 121 Å². The lowest BCUT2D eigenvalue weighted by Crippen LogP contribution is -2.48. The molecule has 1 heterocycles. The highest BCUT2D eigenvalue weighted by Crippen LogP contribution is 2.42. The van der Waals surface area contributed by atoms with Crippen molar-refractivity contribution in [3.05, 3.63) is 23.8 Å². The van der Waals surface area contributed by atoms with Crippen LogP contribution in [0.25, 0.3) is 0 Å². The van der Waals surface area contributed by atoms with E-state index < -0.39 is 0 Å². The minimum atomic E-state index is 0.0589. The Kier molecular flexibility index (Phi) is 4.55. The van der Waals surface area contributed by atoms with Gasteiger partial charge in [-0.1, -0.05) is 26.8 Å². The lowest BCUT2D eigenvalue weighted by Gasteiger charge is -2.42. The summed E-state index contributed by atoms with van der Waals surface area (Å²) in [6, 6.07) is 5.83. The molecular weight excluding hydrogens is 252 g/mol. The van der Waals surface area contributed by atoms with Gasteiger partial charge in [0.25, 0.3) is 0 Å². The Morgan fingerprint density at radius 1 is 1.25 bits per heavy atom. The third-order valence-corrected chi connectivity index (χ3v) is 3.87. The molecule has 20 heavy (non-hydrogen) atoms. The van der Waals surface area contributed by atoms with E-state index >= 15 is 0 Å². The van der Waals surface area contributed by atoms with Gasteiger partial charge in [0.05, 0.1) is 7.11 Å². The van der Waals surface area contributed by atoms with Crippen LogP contribution < -0.4 is 10.1 Å². The highest BCUT2D eigenvalue weighted by atomic mass is 16.5. The Morgan fingerprint density at radius 3 is 2.40 bits per heavy atom. The number of phenolic OH excluding ortho intramolecular Hbond substituents is 1. The molecule has 0 radical (unpaired) electrons. The standard InChI is InChI=1S/C16H26N2O2/c1-16(2,3)15(18-9-7-17-8-10-18)13-6-5-12(20-4)11-14(13)19/h5-6,11,15,17,19H,7-10H2,1-4H3/t15-/m0/s1. The molecule has 0 saturated carbocycles. The number of benzene rings is 1. The van der Waals surface area contributed by atoms with Gasteiger partial charge >= 0.3 is 0 Å². The number of methoxy groups -OCH3 is 1. The van der Waals surface area contributed by atoms with E-state index in [1.54, 1.807) is 13.2 Å². The molecule has 1 aromatic carbocycles. The third kappa shape index (κ3) is 3.25. The number of ether oxygens (including phenoxy) is 1. The van der Waals surface area contributed by atoms with Crippen molar-refractivity contribution >= 4 is 0 Å². The molecule has 0 bridgehead atoms. The molecule has 2 rings (SSSR count). The highest BCUT2D eigenvalue weighted by molar-refractivity contribution is 5.42. The number of nitrogens with one attached hydrogen (secondary N) is 1. The second-order valence-corrected chi connectivity index (χ2v) is 6.48. The molecule has 0 unspecified atom stereocenters. The molecule has 1 fully saturated rings. The Hall–Kier alpha value is -1.26. The molecule has 1 aliphatic heterocycles. The van der Waals surface area contributed by atoms with Crippen LogP contribution in [0, 0.1) is 5.41 Å². The fourth-order valence-electron chi connectivity index (χ4n) is 3.03. The molecule has 112 valence electrons. The summed E-state index contributed by atoms with van der Waals surface area (Å²) in [5, 5.41) is 13.7. The molecule has 0 spiro atoms. The molecule has 2 N–H and O–H groups in total. The van der Waals surface area contributed by atoms with Crippen molar-refractivity contribution in [3.8, 4) is 11.5 Å². The molecule has 1 aromatic rings. The Balaban J connectivity index is 2.35. The number of aromatic hydroxyl groups is 1. The van der Waals surface area contributed by atoms with Crippen LogP contribution in [0.1, 0.15) is 32.4 Å². The predicted octanol–water partition coefficient (Wildman–Crippen LogP) is 2.39. The summed E-state index contributed by atoms with van der Waals surface area (Å²) in [5.41, 5.74) is 1.05. The summed E-state index contributed by atoms with van der Waals surface area (Å²) < 4.78 is 5.18. The van der Waals surface area contributed by atoms with Crippen molar-refractivity contribution in [3.63, 3.8) is 0 Å². The molecule has 0 aliphatic carbocycles. The summed E-state index contributed by atoms with van der Waals surface area (Å²) in [5.74, 6) is 1.02. The molecule has 4 nitrogen and oxygen atoms in total. The maximum atomic E-state index is 10.4. The molecule has 1 atom stereocenters. The van der Waals surface area contributed by atoms with Crippen LogP contribution in [0.4, 0.5) is 0 Å². The van der Waals surface area contributed by atoms with E-state index in [0.29, 0.717) is 11.5 Å². The van der Waals surface area contributed by atoms with Crippen LogP contribution in [-0.4, -0.2) is 43.3 Å². The van der Waals surface area contributed by atoms with Gasteiger partial charge in [-0.2, -0.15) is 0 Å². The van der Waals surface area contributed by atoms with E-state index in [-0.39, 0.29) is 11.5 Å². The van der Waals surface area contributed by atoms with Crippen molar-refractivity contribution in [2.45, 2.75) is 26.8 Å². The monoisotopic (exact) mass is 278 g/mol. The first-order chi connectivity index (χ1) is 9.43. The van der Waals surface area contributed by atoms with Crippen molar-refractivity contribution in [2.75, 3.05) is 33.3 Å². The molecule has 1 saturated heterocycles. The van der Waals surface area contributed by atoms with Crippen molar-refractivity contribution in [2.24, 2.45) is 5.41 Å². The normalized spacial score (nSPS) is 18.8. The number of hydrogen-bond donors (Lipinski definition) is 2. The van der Waals surface area contributed by atoms with Crippen LogP contribution >= 0.6 is 0 Å². The first-order valence-electron chi connectivity index (χ1n) is 7.25. The summed E-state index contributed by atoms with van der Waals surface area (Å²) in [7, 11) is 1.62. The summed E-state index contributed by atoms with van der Waals surface area (Å²) in [6.07, 6.45) is 0. The maximum Gasteiger partial charge on any atom is 0.124 e. The average Bonchev–Trinajstić information content (AvgIpc) is 2.40. The number of phenols is 1. The molecular formula is C16H26N2O2. The van der Waals surface area contributed by atoms with E-state index in [4.69, 9.17) is 4.74 Å². The molecule has 0 amide bonds. The lowest BCUT2D eigenvalue weighted by molar-refractivity contribution is 0.0842. The predicted molar refractivity (Wildman–Crippen MR) is 81.3 cm³/mol. The van der Waals surface area contributed by atoms with E-state index in [2.05, 4.69) is 31.0 Å². The summed E-state index contributed by atoms with van der Waals surface area (Å²) in [6.45, 7) is 10.7. The molecule has 4 heteroatoms. The van der Waals surface area contributed by atoms with Gasteiger partial charge in [0.2, 0.25) is 0 Å². The molecule has 1 aliphatic rings. The quantitative estimate of drug-likeness (QED) is 0.891. The first-order valence-corrected chi connectivity index (χ1v) is 7.25. The summed E-state index contributed by atoms with van der Waals surface area (Å²) in [4.78, 5) is 2.46. The van der Waals surface area contributed by atoms with E-state index in [1.165, 1.54) is 0 Å². The van der Waals surface area contributed by atoms with Gasteiger partial charge in [-0.3, -0.25) is 4.90 Å². The smallest absolute Gasteiger partial charge is 0.124 e. The number of hydrogen-bond acceptors (Lipinski definition) is 4. The van der Waals surface area contributed by atoms with E-state index in [1.807, 2.05) is 12.1 Å². The SMILES string of the molecule is COc1ccc([C@H](N2CCNCC2)C(C)(C)C)c(O)c1. The zero-order valence-electron chi connectivity index (χ0n) is 12.9. The number of nitrogens with zero attached hydrogens (tertiary/aromatic N) is 1. The third-order valence-electron chi connectivity index (χ3n) is 3.87. The van der Waals surface area contributed by atoms with E-state index in [9.17, 15) is 5.11 Å². The van der Waals surface area contributed by atoms with Crippen molar-refractivity contribution in [1.82, 2.24) is 10.2 Å². The second kappa shape index (κ2) is 6.02. The van der Waals surface area contributed by atoms with Gasteiger partial charge in [0, 0.05) is 43.9 Å². The van der Waals surface area contributed by atoms with Gasteiger partial charge in [-0.05, 0) is 11.5 Å². The van der Waals surface area contributed by atoms with Gasteiger partial charge < -0.3 is 15.2 Å². The average molecular weight is 278 g/mol. The highest BCUT2D eigenvalue weighted by Gasteiger charge is 2.34. The summed E-state index contributed by atoms with van der Waals surface area (Å²) >= 11 is 0. The number of piperazine rings is 1. The zero-order chi connectivity index (χ0) is 14.8. The van der Waals surface area contributed by atoms with Crippen LogP contribution in [0.15, 0.2) is 18.2 Å². The Morgan fingerprint density at radius 2 is 1.90 bits per heavy atom. The van der Waals surface area contributed by atoms with Crippen molar-refractivity contribution in [1.29, 1.82) is 0 Å². The number of rotatable bonds is 3. The minimum Gasteiger partial charge on any atom is -0.507 e. The lowest BCUT2D eigenvalue weighted by atomic mass is 9.80. The van der Waals surface area contributed by atoms with Crippen LogP contribution in [0.2, 0.25) is 0 Å². The topological polar surface area (TPSA) is 44.7 Å². The maximum absolute atomic E-state index is 10.4. The first kappa shape index (κ1) is 15.1.